The van der Waals surface area contributed by atoms with Gasteiger partial charge in [0.1, 0.15) is 0 Å². The van der Waals surface area contributed by atoms with Crippen molar-refractivity contribution in [3.63, 3.8) is 0 Å². The van der Waals surface area contributed by atoms with Crippen LogP contribution < -0.4 is 4.90 Å². The van der Waals surface area contributed by atoms with Gasteiger partial charge in [-0.15, -0.1) is 0 Å². The lowest BCUT2D eigenvalue weighted by molar-refractivity contribution is 0.199. The van der Waals surface area contributed by atoms with Crippen molar-refractivity contribution < 1.29 is 5.11 Å². The van der Waals surface area contributed by atoms with Crippen molar-refractivity contribution in [2.24, 2.45) is 0 Å². The Morgan fingerprint density at radius 2 is 2.00 bits per heavy atom. The molecule has 0 spiro atoms. The first-order valence-electron chi connectivity index (χ1n) is 7.37. The largest absolute Gasteiger partial charge is 0.389 e. The van der Waals surface area contributed by atoms with Crippen molar-refractivity contribution in [1.82, 2.24) is 0 Å². The Bertz CT molecular complexity index is 413. The van der Waals surface area contributed by atoms with E-state index in [2.05, 4.69) is 17.9 Å². The molecular formula is C16H24ClNO. The summed E-state index contributed by atoms with van der Waals surface area (Å²) in [6, 6.07) is 6.56. The molecule has 0 radical (unpaired) electrons. The van der Waals surface area contributed by atoms with Crippen molar-refractivity contribution >= 4 is 17.3 Å². The summed E-state index contributed by atoms with van der Waals surface area (Å²) in [5.74, 6) is 0. The highest BCUT2D eigenvalue weighted by molar-refractivity contribution is 6.33. The highest BCUT2D eigenvalue weighted by atomic mass is 35.5. The van der Waals surface area contributed by atoms with E-state index in [4.69, 9.17) is 11.6 Å². The van der Waals surface area contributed by atoms with Crippen molar-refractivity contribution in [1.29, 1.82) is 0 Å². The maximum absolute atomic E-state index is 9.61. The van der Waals surface area contributed by atoms with Crippen LogP contribution in [0.2, 0.25) is 5.02 Å². The first kappa shape index (κ1) is 14.7. The number of rotatable bonds is 4. The standard InChI is InChI=1S/C16H24ClNO/c1-3-18(14-7-5-4-6-8-14)16-10-9-13(12(2)19)11-15(16)17/h9-12,14,19H,3-8H2,1-2H3/t12-/m1/s1. The fourth-order valence-electron chi connectivity index (χ4n) is 3.03. The van der Waals surface area contributed by atoms with Gasteiger partial charge in [-0.1, -0.05) is 36.9 Å². The van der Waals surface area contributed by atoms with Gasteiger partial charge in [0.05, 0.1) is 16.8 Å². The average Bonchev–Trinajstić information content (AvgIpc) is 2.42. The molecule has 106 valence electrons. The van der Waals surface area contributed by atoms with E-state index in [0.29, 0.717) is 6.04 Å². The minimum Gasteiger partial charge on any atom is -0.389 e. The van der Waals surface area contributed by atoms with Crippen molar-refractivity contribution in [2.75, 3.05) is 11.4 Å². The average molecular weight is 282 g/mol. The van der Waals surface area contributed by atoms with Crippen molar-refractivity contribution in [3.8, 4) is 0 Å². The van der Waals surface area contributed by atoms with E-state index in [1.165, 1.54) is 32.1 Å². The molecule has 1 fully saturated rings. The van der Waals surface area contributed by atoms with Crippen molar-refractivity contribution in [2.45, 2.75) is 58.1 Å². The minimum absolute atomic E-state index is 0.462. The molecule has 1 atom stereocenters. The number of hydrogen-bond acceptors (Lipinski definition) is 2. The molecule has 19 heavy (non-hydrogen) atoms. The predicted octanol–water partition coefficient (Wildman–Crippen LogP) is 4.55. The van der Waals surface area contributed by atoms with Crippen LogP contribution in [0.4, 0.5) is 5.69 Å². The number of aliphatic hydroxyl groups is 1. The summed E-state index contributed by atoms with van der Waals surface area (Å²) >= 11 is 6.41. The van der Waals surface area contributed by atoms with Crippen molar-refractivity contribution in [3.05, 3.63) is 28.8 Å². The van der Waals surface area contributed by atoms with Gasteiger partial charge in [-0.25, -0.2) is 0 Å². The lowest BCUT2D eigenvalue weighted by Gasteiger charge is -2.36. The van der Waals surface area contributed by atoms with Gasteiger partial charge in [-0.3, -0.25) is 0 Å². The second kappa shape index (κ2) is 6.62. The Morgan fingerprint density at radius 3 is 2.53 bits per heavy atom. The molecular weight excluding hydrogens is 258 g/mol. The van der Waals surface area contributed by atoms with Crippen LogP contribution in [0.1, 0.15) is 57.6 Å². The molecule has 1 saturated carbocycles. The molecule has 1 aliphatic carbocycles. The Balaban J connectivity index is 2.22. The number of anilines is 1. The minimum atomic E-state index is -0.462. The SMILES string of the molecule is CCN(c1ccc([C@@H](C)O)cc1Cl)C1CCCCC1. The molecule has 2 nitrogen and oxygen atoms in total. The number of benzene rings is 1. The topological polar surface area (TPSA) is 23.5 Å². The second-order valence-electron chi connectivity index (χ2n) is 5.46. The van der Waals surface area contributed by atoms with Gasteiger partial charge in [0.25, 0.3) is 0 Å². The number of nitrogens with zero attached hydrogens (tertiary/aromatic N) is 1. The third kappa shape index (κ3) is 3.43. The zero-order chi connectivity index (χ0) is 13.8. The van der Waals surface area contributed by atoms with E-state index >= 15 is 0 Å². The molecule has 2 rings (SSSR count). The predicted molar refractivity (Wildman–Crippen MR) is 82.0 cm³/mol. The quantitative estimate of drug-likeness (QED) is 0.875. The monoisotopic (exact) mass is 281 g/mol. The highest BCUT2D eigenvalue weighted by Crippen LogP contribution is 2.33. The normalized spacial score (nSPS) is 18.3. The number of hydrogen-bond donors (Lipinski definition) is 1. The zero-order valence-electron chi connectivity index (χ0n) is 11.9. The first-order valence-corrected chi connectivity index (χ1v) is 7.75. The van der Waals surface area contributed by atoms with Crippen LogP contribution in [0, 0.1) is 0 Å². The molecule has 1 aliphatic rings. The van der Waals surface area contributed by atoms with Crippen LogP contribution in [0.25, 0.3) is 0 Å². The van der Waals surface area contributed by atoms with E-state index in [1.54, 1.807) is 6.92 Å². The summed E-state index contributed by atoms with van der Waals surface area (Å²) in [6.45, 7) is 4.94. The molecule has 1 aromatic rings. The molecule has 0 unspecified atom stereocenters. The van der Waals surface area contributed by atoms with Crippen LogP contribution in [-0.4, -0.2) is 17.7 Å². The fraction of sp³-hybridized carbons (Fsp3) is 0.625. The smallest absolute Gasteiger partial charge is 0.0762 e. The van der Waals surface area contributed by atoms with Crippen LogP contribution in [-0.2, 0) is 0 Å². The third-order valence-electron chi connectivity index (χ3n) is 4.12. The number of halogens is 1. The highest BCUT2D eigenvalue weighted by Gasteiger charge is 2.22. The van der Waals surface area contributed by atoms with Crippen LogP contribution in [0.5, 0.6) is 0 Å². The second-order valence-corrected chi connectivity index (χ2v) is 5.87. The van der Waals surface area contributed by atoms with E-state index in [0.717, 1.165) is 22.8 Å². The molecule has 0 amide bonds. The number of aliphatic hydroxyl groups excluding tert-OH is 1. The van der Waals surface area contributed by atoms with Gasteiger partial charge in [0.15, 0.2) is 0 Å². The van der Waals surface area contributed by atoms with Gasteiger partial charge in [0, 0.05) is 12.6 Å². The van der Waals surface area contributed by atoms with Crippen LogP contribution >= 0.6 is 11.6 Å². The van der Waals surface area contributed by atoms with Gasteiger partial charge in [0.2, 0.25) is 0 Å². The first-order chi connectivity index (χ1) is 9.13. The molecule has 0 heterocycles. The Morgan fingerprint density at radius 1 is 1.32 bits per heavy atom. The third-order valence-corrected chi connectivity index (χ3v) is 4.42. The summed E-state index contributed by atoms with van der Waals surface area (Å²) in [4.78, 5) is 2.42. The Hall–Kier alpha value is -0.730. The van der Waals surface area contributed by atoms with Gasteiger partial charge in [-0.2, -0.15) is 0 Å². The Labute approximate surface area is 121 Å². The molecule has 0 aliphatic heterocycles. The maximum Gasteiger partial charge on any atom is 0.0762 e. The van der Waals surface area contributed by atoms with E-state index < -0.39 is 6.10 Å². The van der Waals surface area contributed by atoms with E-state index in [9.17, 15) is 5.11 Å². The summed E-state index contributed by atoms with van der Waals surface area (Å²) in [6.07, 6.45) is 6.08. The molecule has 0 saturated heterocycles. The molecule has 3 heteroatoms. The molecule has 1 aromatic carbocycles. The molecule has 1 N–H and O–H groups in total. The summed E-state index contributed by atoms with van der Waals surface area (Å²) < 4.78 is 0. The molecule has 0 bridgehead atoms. The van der Waals surface area contributed by atoms with Gasteiger partial charge in [-0.05, 0) is 44.4 Å². The maximum atomic E-state index is 9.61. The summed E-state index contributed by atoms with van der Waals surface area (Å²) in [5, 5.41) is 10.4. The van der Waals surface area contributed by atoms with Gasteiger partial charge >= 0.3 is 0 Å². The van der Waals surface area contributed by atoms with Crippen LogP contribution in [0.3, 0.4) is 0 Å². The summed E-state index contributed by atoms with van der Waals surface area (Å²) in [5.41, 5.74) is 1.99. The van der Waals surface area contributed by atoms with E-state index in [1.807, 2.05) is 12.1 Å². The fourth-order valence-corrected chi connectivity index (χ4v) is 3.33. The van der Waals surface area contributed by atoms with Gasteiger partial charge < -0.3 is 10.0 Å². The lowest BCUT2D eigenvalue weighted by atomic mass is 9.93. The summed E-state index contributed by atoms with van der Waals surface area (Å²) in [7, 11) is 0. The van der Waals surface area contributed by atoms with Crippen LogP contribution in [0.15, 0.2) is 18.2 Å². The zero-order valence-corrected chi connectivity index (χ0v) is 12.7. The molecule has 0 aromatic heterocycles. The lowest BCUT2D eigenvalue weighted by Crippen LogP contribution is -2.36. The van der Waals surface area contributed by atoms with E-state index in [-0.39, 0.29) is 0 Å². The Kier molecular flexibility index (Phi) is 5.12.